The summed E-state index contributed by atoms with van der Waals surface area (Å²) in [6.07, 6.45) is -5.95. The van der Waals surface area contributed by atoms with Gasteiger partial charge in [-0.2, -0.15) is 39.5 Å². The number of halogens is 9. The van der Waals surface area contributed by atoms with E-state index >= 15 is 0 Å². The van der Waals surface area contributed by atoms with Crippen LogP contribution in [0, 0.1) is 0 Å². The van der Waals surface area contributed by atoms with Gasteiger partial charge in [-0.3, -0.25) is 4.98 Å². The van der Waals surface area contributed by atoms with E-state index in [9.17, 15) is 39.5 Å². The zero-order chi connectivity index (χ0) is 17.9. The Morgan fingerprint density at radius 2 is 1.35 bits per heavy atom. The fraction of sp³-hybridized carbons (Fsp3) is 0.583. The second-order valence-electron chi connectivity index (χ2n) is 4.63. The first-order chi connectivity index (χ1) is 10.3. The molecule has 0 saturated carbocycles. The lowest BCUT2D eigenvalue weighted by molar-refractivity contribution is -0.396. The third-order valence-corrected chi connectivity index (χ3v) is 2.90. The molecule has 1 aromatic rings. The van der Waals surface area contributed by atoms with Crippen LogP contribution in [0.15, 0.2) is 24.5 Å². The summed E-state index contributed by atoms with van der Waals surface area (Å²) in [6, 6.07) is 2.94. The van der Waals surface area contributed by atoms with Crippen LogP contribution in [-0.4, -0.2) is 35.5 Å². The molecule has 1 heterocycles. The molecule has 0 fully saturated rings. The van der Waals surface area contributed by atoms with Crippen LogP contribution in [0.3, 0.4) is 0 Å². The maximum atomic E-state index is 13.2. The molecule has 2 nitrogen and oxygen atoms in total. The highest BCUT2D eigenvalue weighted by Gasteiger charge is 2.81. The Morgan fingerprint density at radius 3 is 1.83 bits per heavy atom. The quantitative estimate of drug-likeness (QED) is 0.591. The summed E-state index contributed by atoms with van der Waals surface area (Å²) in [5, 5.41) is 2.25. The second-order valence-corrected chi connectivity index (χ2v) is 4.63. The zero-order valence-electron chi connectivity index (χ0n) is 11.3. The molecule has 1 aromatic heterocycles. The van der Waals surface area contributed by atoms with E-state index in [0.29, 0.717) is 5.56 Å². The van der Waals surface area contributed by atoms with Crippen LogP contribution in [0.2, 0.25) is 0 Å². The van der Waals surface area contributed by atoms with Crippen LogP contribution < -0.4 is 5.32 Å². The summed E-state index contributed by atoms with van der Waals surface area (Å²) in [5.41, 5.74) is 0.538. The van der Waals surface area contributed by atoms with Gasteiger partial charge in [0.05, 0.1) is 0 Å². The zero-order valence-corrected chi connectivity index (χ0v) is 11.3. The maximum absolute atomic E-state index is 13.2. The topological polar surface area (TPSA) is 24.9 Å². The van der Waals surface area contributed by atoms with Gasteiger partial charge in [-0.25, -0.2) is 0 Å². The van der Waals surface area contributed by atoms with Crippen LogP contribution in [0.25, 0.3) is 0 Å². The first-order valence-electron chi connectivity index (χ1n) is 6.13. The summed E-state index contributed by atoms with van der Waals surface area (Å²) in [4.78, 5) is 3.66. The highest BCUT2D eigenvalue weighted by molar-refractivity contribution is 5.09. The van der Waals surface area contributed by atoms with Crippen molar-refractivity contribution < 1.29 is 39.5 Å². The van der Waals surface area contributed by atoms with E-state index in [4.69, 9.17) is 0 Å². The first kappa shape index (κ1) is 19.5. The van der Waals surface area contributed by atoms with E-state index < -0.39 is 36.9 Å². The van der Waals surface area contributed by atoms with Gasteiger partial charge in [-0.05, 0) is 17.7 Å². The number of aromatic nitrogens is 1. The van der Waals surface area contributed by atoms with E-state index in [-0.39, 0.29) is 6.54 Å². The van der Waals surface area contributed by atoms with Gasteiger partial charge in [0.1, 0.15) is 0 Å². The van der Waals surface area contributed by atoms with E-state index in [2.05, 4.69) is 10.3 Å². The number of alkyl halides is 9. The molecule has 132 valence electrons. The molecule has 0 aliphatic carbocycles. The third kappa shape index (κ3) is 4.06. The molecule has 1 rings (SSSR count). The molecule has 0 spiro atoms. The fourth-order valence-corrected chi connectivity index (χ4v) is 1.54. The maximum Gasteiger partial charge on any atom is 0.460 e. The number of rotatable bonds is 7. The Hall–Kier alpha value is -1.52. The normalized spacial score (nSPS) is 14.1. The van der Waals surface area contributed by atoms with Crippen molar-refractivity contribution in [3.8, 4) is 0 Å². The second kappa shape index (κ2) is 6.54. The summed E-state index contributed by atoms with van der Waals surface area (Å²) >= 11 is 0. The van der Waals surface area contributed by atoms with Gasteiger partial charge in [0.2, 0.25) is 0 Å². The molecule has 23 heavy (non-hydrogen) atoms. The van der Waals surface area contributed by atoms with Crippen LogP contribution >= 0.6 is 0 Å². The van der Waals surface area contributed by atoms with Gasteiger partial charge < -0.3 is 5.32 Å². The van der Waals surface area contributed by atoms with Crippen LogP contribution in [0.1, 0.15) is 12.0 Å². The molecule has 0 amide bonds. The van der Waals surface area contributed by atoms with E-state index in [1.807, 2.05) is 0 Å². The van der Waals surface area contributed by atoms with Crippen molar-refractivity contribution in [1.82, 2.24) is 10.3 Å². The first-order valence-corrected chi connectivity index (χ1v) is 6.13. The highest BCUT2D eigenvalue weighted by Crippen LogP contribution is 2.53. The van der Waals surface area contributed by atoms with Crippen molar-refractivity contribution in [3.63, 3.8) is 0 Å². The fourth-order valence-electron chi connectivity index (χ4n) is 1.54. The SMILES string of the molecule is FC(F)(F)C(F)(F)C(F)(F)C(F)(F)CCNCc1ccncc1. The van der Waals surface area contributed by atoms with Crippen molar-refractivity contribution in [1.29, 1.82) is 0 Å². The molecular formula is C12H11F9N2. The molecule has 0 aliphatic rings. The van der Waals surface area contributed by atoms with Gasteiger partial charge in [-0.1, -0.05) is 0 Å². The Kier molecular flexibility index (Phi) is 5.55. The smallest absolute Gasteiger partial charge is 0.312 e. The predicted octanol–water partition coefficient (Wildman–Crippen LogP) is 4.03. The molecule has 0 bridgehead atoms. The van der Waals surface area contributed by atoms with Crippen molar-refractivity contribution in [2.24, 2.45) is 0 Å². The molecule has 0 radical (unpaired) electrons. The minimum Gasteiger partial charge on any atom is -0.312 e. The van der Waals surface area contributed by atoms with E-state index in [1.165, 1.54) is 24.5 Å². The summed E-state index contributed by atoms with van der Waals surface area (Å²) < 4.78 is 113. The Bertz CT molecular complexity index is 499. The molecule has 1 N–H and O–H groups in total. The number of nitrogens with one attached hydrogen (secondary N) is 1. The van der Waals surface area contributed by atoms with Gasteiger partial charge in [0.15, 0.2) is 0 Å². The Morgan fingerprint density at radius 1 is 0.826 bits per heavy atom. The minimum atomic E-state index is -6.84. The summed E-state index contributed by atoms with van der Waals surface area (Å²) in [6.45, 7) is -0.960. The average molecular weight is 354 g/mol. The lowest BCUT2D eigenvalue weighted by atomic mass is 10.0. The molecule has 0 aliphatic heterocycles. The molecule has 0 aromatic carbocycles. The number of pyridine rings is 1. The Labute approximate surface area is 124 Å². The Balaban J connectivity index is 2.67. The third-order valence-electron chi connectivity index (χ3n) is 2.90. The van der Waals surface area contributed by atoms with Gasteiger partial charge in [0.25, 0.3) is 0 Å². The lowest BCUT2D eigenvalue weighted by Crippen LogP contribution is -2.61. The molecule has 0 atom stereocenters. The van der Waals surface area contributed by atoms with Crippen LogP contribution in [-0.2, 0) is 6.54 Å². The van der Waals surface area contributed by atoms with Gasteiger partial charge >= 0.3 is 23.9 Å². The number of nitrogens with zero attached hydrogens (tertiary/aromatic N) is 1. The number of hydrogen-bond acceptors (Lipinski definition) is 2. The molecule has 0 unspecified atom stereocenters. The number of hydrogen-bond donors (Lipinski definition) is 1. The van der Waals surface area contributed by atoms with E-state index in [1.54, 1.807) is 0 Å². The van der Waals surface area contributed by atoms with Gasteiger partial charge in [-0.15, -0.1) is 0 Å². The van der Waals surface area contributed by atoms with E-state index in [0.717, 1.165) is 0 Å². The lowest BCUT2D eigenvalue weighted by Gasteiger charge is -2.33. The molecular weight excluding hydrogens is 343 g/mol. The van der Waals surface area contributed by atoms with Crippen LogP contribution in [0.4, 0.5) is 39.5 Å². The monoisotopic (exact) mass is 354 g/mol. The van der Waals surface area contributed by atoms with Crippen molar-refractivity contribution >= 4 is 0 Å². The largest absolute Gasteiger partial charge is 0.460 e. The van der Waals surface area contributed by atoms with Crippen molar-refractivity contribution in [2.45, 2.75) is 36.9 Å². The molecule has 0 saturated heterocycles. The highest BCUT2D eigenvalue weighted by atomic mass is 19.4. The summed E-state index contributed by atoms with van der Waals surface area (Å²) in [5.74, 6) is -18.9. The average Bonchev–Trinajstić information content (AvgIpc) is 2.43. The standard InChI is InChI=1S/C12H11F9N2/c13-9(14,10(15,16)11(17,18)12(19,20)21)3-6-23-7-8-1-4-22-5-2-8/h1-2,4-5,23H,3,6-7H2. The van der Waals surface area contributed by atoms with Crippen molar-refractivity contribution in [2.75, 3.05) is 6.54 Å². The van der Waals surface area contributed by atoms with Gasteiger partial charge in [0, 0.05) is 31.9 Å². The van der Waals surface area contributed by atoms with Crippen LogP contribution in [0.5, 0.6) is 0 Å². The minimum absolute atomic E-state index is 0.0696. The summed E-state index contributed by atoms with van der Waals surface area (Å²) in [7, 11) is 0. The molecule has 11 heteroatoms. The predicted molar refractivity (Wildman–Crippen MR) is 61.5 cm³/mol. The van der Waals surface area contributed by atoms with Crippen molar-refractivity contribution in [3.05, 3.63) is 30.1 Å².